The van der Waals surface area contributed by atoms with E-state index in [0.717, 1.165) is 34.6 Å². The summed E-state index contributed by atoms with van der Waals surface area (Å²) in [6.45, 7) is 6.72. The van der Waals surface area contributed by atoms with E-state index in [1.54, 1.807) is 12.4 Å². The summed E-state index contributed by atoms with van der Waals surface area (Å²) < 4.78 is 12.3. The standard InChI is InChI=1S/C17H21BrN2O2.ClH/c1-3-21-16-10-14(9-15(18)17(16)22-4-2)12-20-11-13-5-7-19-8-6-13;/h5-10,20H,3-4,11-12H2,1-2H3;1H. The lowest BCUT2D eigenvalue weighted by atomic mass is 10.2. The largest absolute Gasteiger partial charge is 0.490 e. The Bertz CT molecular complexity index is 597. The maximum atomic E-state index is 5.68. The van der Waals surface area contributed by atoms with Gasteiger partial charge in [0.05, 0.1) is 17.7 Å². The first-order chi connectivity index (χ1) is 10.7. The highest BCUT2D eigenvalue weighted by Gasteiger charge is 2.11. The number of pyridine rings is 1. The van der Waals surface area contributed by atoms with Gasteiger partial charge in [0.2, 0.25) is 0 Å². The minimum Gasteiger partial charge on any atom is -0.490 e. The SMILES string of the molecule is CCOc1cc(CNCc2ccncc2)cc(Br)c1OCC.Cl. The number of rotatable bonds is 8. The van der Waals surface area contributed by atoms with E-state index < -0.39 is 0 Å². The molecule has 0 atom stereocenters. The van der Waals surface area contributed by atoms with Gasteiger partial charge < -0.3 is 14.8 Å². The lowest BCUT2D eigenvalue weighted by Crippen LogP contribution is -2.13. The number of halogens is 2. The van der Waals surface area contributed by atoms with E-state index in [1.165, 1.54) is 5.56 Å². The molecule has 0 saturated carbocycles. The fraction of sp³-hybridized carbons (Fsp3) is 0.353. The molecule has 126 valence electrons. The van der Waals surface area contributed by atoms with Crippen LogP contribution in [0.15, 0.2) is 41.1 Å². The fourth-order valence-electron chi connectivity index (χ4n) is 2.12. The smallest absolute Gasteiger partial charge is 0.175 e. The highest BCUT2D eigenvalue weighted by Crippen LogP contribution is 2.36. The van der Waals surface area contributed by atoms with Crippen molar-refractivity contribution in [3.8, 4) is 11.5 Å². The minimum atomic E-state index is 0. The molecule has 1 aromatic carbocycles. The molecule has 0 amide bonds. The predicted octanol–water partition coefficient (Wildman–Crippen LogP) is 4.35. The molecule has 0 saturated heterocycles. The van der Waals surface area contributed by atoms with Crippen molar-refractivity contribution in [2.24, 2.45) is 0 Å². The molecule has 23 heavy (non-hydrogen) atoms. The number of aromatic nitrogens is 1. The Hall–Kier alpha value is -1.30. The van der Waals surface area contributed by atoms with Crippen LogP contribution in [0.5, 0.6) is 11.5 Å². The summed E-state index contributed by atoms with van der Waals surface area (Å²) in [6.07, 6.45) is 3.61. The first-order valence-electron chi connectivity index (χ1n) is 7.42. The average molecular weight is 402 g/mol. The lowest BCUT2D eigenvalue weighted by molar-refractivity contribution is 0.286. The first-order valence-corrected chi connectivity index (χ1v) is 8.21. The Morgan fingerprint density at radius 1 is 1.00 bits per heavy atom. The zero-order valence-electron chi connectivity index (χ0n) is 13.3. The molecule has 2 rings (SSSR count). The van der Waals surface area contributed by atoms with E-state index >= 15 is 0 Å². The molecule has 0 unspecified atom stereocenters. The van der Waals surface area contributed by atoms with Crippen LogP contribution in [-0.4, -0.2) is 18.2 Å². The monoisotopic (exact) mass is 400 g/mol. The van der Waals surface area contributed by atoms with Gasteiger partial charge in [-0.1, -0.05) is 0 Å². The third-order valence-electron chi connectivity index (χ3n) is 3.07. The van der Waals surface area contributed by atoms with Crippen molar-refractivity contribution in [3.05, 3.63) is 52.3 Å². The van der Waals surface area contributed by atoms with Gasteiger partial charge in [0.25, 0.3) is 0 Å². The first kappa shape index (κ1) is 19.7. The maximum Gasteiger partial charge on any atom is 0.175 e. The predicted molar refractivity (Wildman–Crippen MR) is 98.5 cm³/mol. The maximum absolute atomic E-state index is 5.68. The van der Waals surface area contributed by atoms with Gasteiger partial charge in [-0.05, 0) is 65.2 Å². The summed E-state index contributed by atoms with van der Waals surface area (Å²) in [5, 5.41) is 3.42. The van der Waals surface area contributed by atoms with Crippen LogP contribution in [0.4, 0.5) is 0 Å². The number of nitrogens with one attached hydrogen (secondary N) is 1. The van der Waals surface area contributed by atoms with Crippen LogP contribution < -0.4 is 14.8 Å². The van der Waals surface area contributed by atoms with Crippen LogP contribution in [0.25, 0.3) is 0 Å². The van der Waals surface area contributed by atoms with Gasteiger partial charge in [0.15, 0.2) is 11.5 Å². The summed E-state index contributed by atoms with van der Waals surface area (Å²) >= 11 is 3.56. The molecule has 6 heteroatoms. The highest BCUT2D eigenvalue weighted by atomic mass is 79.9. The van der Waals surface area contributed by atoms with Crippen LogP contribution in [0.1, 0.15) is 25.0 Å². The number of nitrogens with zero attached hydrogens (tertiary/aromatic N) is 1. The van der Waals surface area contributed by atoms with Crippen molar-refractivity contribution in [2.75, 3.05) is 13.2 Å². The summed E-state index contributed by atoms with van der Waals surface area (Å²) in [4.78, 5) is 4.02. The normalized spacial score (nSPS) is 10.0. The highest BCUT2D eigenvalue weighted by molar-refractivity contribution is 9.10. The molecule has 4 nitrogen and oxygen atoms in total. The molecule has 0 fully saturated rings. The van der Waals surface area contributed by atoms with Crippen molar-refractivity contribution in [1.29, 1.82) is 0 Å². The molecule has 0 aliphatic rings. The Balaban J connectivity index is 0.00000264. The van der Waals surface area contributed by atoms with Crippen LogP contribution in [0, 0.1) is 0 Å². The second kappa shape index (κ2) is 10.5. The van der Waals surface area contributed by atoms with Gasteiger partial charge in [-0.25, -0.2) is 0 Å². The van der Waals surface area contributed by atoms with Crippen LogP contribution in [0.2, 0.25) is 0 Å². The van der Waals surface area contributed by atoms with Crippen molar-refractivity contribution < 1.29 is 9.47 Å². The molecule has 1 aromatic heterocycles. The van der Waals surface area contributed by atoms with E-state index in [2.05, 4.69) is 32.3 Å². The Kier molecular flexibility index (Phi) is 8.99. The van der Waals surface area contributed by atoms with Gasteiger partial charge in [0.1, 0.15) is 0 Å². The second-order valence-corrected chi connectivity index (χ2v) is 5.58. The van der Waals surface area contributed by atoms with E-state index in [9.17, 15) is 0 Å². The number of hydrogen-bond acceptors (Lipinski definition) is 4. The topological polar surface area (TPSA) is 43.4 Å². The summed E-state index contributed by atoms with van der Waals surface area (Å²) in [6, 6.07) is 8.10. The van der Waals surface area contributed by atoms with Gasteiger partial charge in [-0.15, -0.1) is 12.4 Å². The fourth-order valence-corrected chi connectivity index (χ4v) is 2.73. The summed E-state index contributed by atoms with van der Waals surface area (Å²) in [5.74, 6) is 1.54. The van der Waals surface area contributed by atoms with Crippen molar-refractivity contribution in [3.63, 3.8) is 0 Å². The quantitative estimate of drug-likeness (QED) is 0.714. The molecule has 0 radical (unpaired) electrons. The molecule has 1 N–H and O–H groups in total. The lowest BCUT2D eigenvalue weighted by Gasteiger charge is -2.15. The Morgan fingerprint density at radius 3 is 2.30 bits per heavy atom. The van der Waals surface area contributed by atoms with Gasteiger partial charge in [-0.2, -0.15) is 0 Å². The van der Waals surface area contributed by atoms with E-state index in [0.29, 0.717) is 13.2 Å². The van der Waals surface area contributed by atoms with E-state index in [4.69, 9.17) is 9.47 Å². The van der Waals surface area contributed by atoms with Crippen LogP contribution in [-0.2, 0) is 13.1 Å². The number of ether oxygens (including phenoxy) is 2. The molecule has 0 aliphatic heterocycles. The van der Waals surface area contributed by atoms with Crippen LogP contribution in [0.3, 0.4) is 0 Å². The second-order valence-electron chi connectivity index (χ2n) is 4.73. The summed E-state index contributed by atoms with van der Waals surface area (Å²) in [5.41, 5.74) is 2.36. The van der Waals surface area contributed by atoms with E-state index in [-0.39, 0.29) is 12.4 Å². The minimum absolute atomic E-state index is 0. The van der Waals surface area contributed by atoms with Crippen molar-refractivity contribution in [1.82, 2.24) is 10.3 Å². The molecule has 2 aromatic rings. The number of hydrogen-bond donors (Lipinski definition) is 1. The Labute approximate surface area is 152 Å². The van der Waals surface area contributed by atoms with Gasteiger partial charge >= 0.3 is 0 Å². The van der Waals surface area contributed by atoms with Crippen molar-refractivity contribution in [2.45, 2.75) is 26.9 Å². The molecule has 1 heterocycles. The van der Waals surface area contributed by atoms with Crippen LogP contribution >= 0.6 is 28.3 Å². The molecule has 0 aliphatic carbocycles. The van der Waals surface area contributed by atoms with Crippen molar-refractivity contribution >= 4 is 28.3 Å². The zero-order chi connectivity index (χ0) is 15.8. The summed E-state index contributed by atoms with van der Waals surface area (Å²) in [7, 11) is 0. The zero-order valence-corrected chi connectivity index (χ0v) is 15.7. The molecular weight excluding hydrogens is 380 g/mol. The average Bonchev–Trinajstić information content (AvgIpc) is 2.52. The van der Waals surface area contributed by atoms with E-state index in [1.807, 2.05) is 32.0 Å². The van der Waals surface area contributed by atoms with Gasteiger partial charge in [0, 0.05) is 25.5 Å². The molecule has 0 spiro atoms. The third kappa shape index (κ3) is 6.01. The Morgan fingerprint density at radius 2 is 1.65 bits per heavy atom. The molecule has 0 bridgehead atoms. The van der Waals surface area contributed by atoms with Gasteiger partial charge in [-0.3, -0.25) is 4.98 Å². The third-order valence-corrected chi connectivity index (χ3v) is 3.65. The number of benzene rings is 1. The molecular formula is C17H22BrClN2O2.